The minimum Gasteiger partial charge on any atom is -0.508 e. The SMILES string of the molecule is Oc1cc(Cl)cc(C(F)=C(F)C(F)(F)F)c1. The van der Waals surface area contributed by atoms with Crippen LogP contribution in [0, 0.1) is 0 Å². The lowest BCUT2D eigenvalue weighted by Crippen LogP contribution is -2.09. The van der Waals surface area contributed by atoms with E-state index in [1.54, 1.807) is 0 Å². The number of benzene rings is 1. The van der Waals surface area contributed by atoms with Crippen molar-refractivity contribution in [3.63, 3.8) is 0 Å². The Hall–Kier alpha value is -1.30. The summed E-state index contributed by atoms with van der Waals surface area (Å²) in [5.41, 5.74) is -0.778. The Kier molecular flexibility index (Phi) is 3.42. The molecule has 0 fully saturated rings. The van der Waals surface area contributed by atoms with Crippen LogP contribution in [0.4, 0.5) is 22.0 Å². The molecule has 0 aliphatic carbocycles. The molecule has 0 unspecified atom stereocenters. The summed E-state index contributed by atoms with van der Waals surface area (Å²) in [6, 6.07) is 2.37. The number of allylic oxidation sites excluding steroid dienone is 1. The van der Waals surface area contributed by atoms with Gasteiger partial charge < -0.3 is 5.11 Å². The van der Waals surface area contributed by atoms with Gasteiger partial charge in [-0.1, -0.05) is 11.6 Å². The van der Waals surface area contributed by atoms with Gasteiger partial charge in [0.05, 0.1) is 0 Å². The highest BCUT2D eigenvalue weighted by Gasteiger charge is 2.38. The Morgan fingerprint density at radius 2 is 1.69 bits per heavy atom. The van der Waals surface area contributed by atoms with Crippen molar-refractivity contribution in [3.8, 4) is 5.75 Å². The van der Waals surface area contributed by atoms with E-state index in [1.165, 1.54) is 0 Å². The number of alkyl halides is 3. The highest BCUT2D eigenvalue weighted by atomic mass is 35.5. The molecule has 7 heteroatoms. The molecule has 0 saturated heterocycles. The van der Waals surface area contributed by atoms with Crippen LogP contribution in [0.2, 0.25) is 5.02 Å². The van der Waals surface area contributed by atoms with E-state index < -0.39 is 29.1 Å². The third-order valence-corrected chi connectivity index (χ3v) is 1.80. The van der Waals surface area contributed by atoms with Crippen molar-refractivity contribution >= 4 is 17.4 Å². The standard InChI is InChI=1S/C9H4ClF5O/c10-5-1-4(2-6(16)3-5)7(11)8(12)9(13,14)15/h1-3,16H. The van der Waals surface area contributed by atoms with E-state index in [0.717, 1.165) is 12.1 Å². The summed E-state index contributed by atoms with van der Waals surface area (Å²) in [5.74, 6) is -5.55. The number of phenolic OH excluding ortho intramolecular Hbond substituents is 1. The molecular weight excluding hydrogens is 255 g/mol. The van der Waals surface area contributed by atoms with Crippen LogP contribution >= 0.6 is 11.6 Å². The van der Waals surface area contributed by atoms with Crippen LogP contribution in [-0.4, -0.2) is 11.3 Å². The zero-order valence-corrected chi connectivity index (χ0v) is 8.20. The van der Waals surface area contributed by atoms with Crippen molar-refractivity contribution < 1.29 is 27.1 Å². The maximum Gasteiger partial charge on any atom is 0.445 e. The van der Waals surface area contributed by atoms with Crippen LogP contribution < -0.4 is 0 Å². The fourth-order valence-electron chi connectivity index (χ4n) is 0.952. The summed E-state index contributed by atoms with van der Waals surface area (Å²) < 4.78 is 61.0. The smallest absolute Gasteiger partial charge is 0.445 e. The molecule has 1 nitrogen and oxygen atoms in total. The topological polar surface area (TPSA) is 20.2 Å². The van der Waals surface area contributed by atoms with Crippen molar-refractivity contribution in [2.24, 2.45) is 0 Å². The van der Waals surface area contributed by atoms with Gasteiger partial charge in [0.15, 0.2) is 5.83 Å². The van der Waals surface area contributed by atoms with E-state index in [2.05, 4.69) is 0 Å². The number of rotatable bonds is 1. The predicted molar refractivity (Wildman–Crippen MR) is 48.3 cm³/mol. The quantitative estimate of drug-likeness (QED) is 0.748. The Morgan fingerprint density at radius 1 is 1.12 bits per heavy atom. The average molecular weight is 259 g/mol. The minimum absolute atomic E-state index is 0.208. The summed E-state index contributed by atoms with van der Waals surface area (Å²) in [6.45, 7) is 0. The summed E-state index contributed by atoms with van der Waals surface area (Å²) >= 11 is 5.36. The normalized spacial score (nSPS) is 13.6. The fourth-order valence-corrected chi connectivity index (χ4v) is 1.18. The maximum absolute atomic E-state index is 13.0. The molecule has 0 saturated carbocycles. The van der Waals surface area contributed by atoms with Gasteiger partial charge in [-0.05, 0) is 18.2 Å². The van der Waals surface area contributed by atoms with E-state index in [4.69, 9.17) is 16.7 Å². The number of phenols is 1. The van der Waals surface area contributed by atoms with Crippen LogP contribution in [0.5, 0.6) is 5.75 Å². The van der Waals surface area contributed by atoms with Gasteiger partial charge in [0.1, 0.15) is 5.75 Å². The van der Waals surface area contributed by atoms with Crippen molar-refractivity contribution in [2.45, 2.75) is 6.18 Å². The minimum atomic E-state index is -5.41. The first-order chi connectivity index (χ1) is 7.21. The first-order valence-electron chi connectivity index (χ1n) is 3.84. The molecule has 0 aliphatic rings. The molecule has 88 valence electrons. The van der Waals surface area contributed by atoms with Gasteiger partial charge >= 0.3 is 6.18 Å². The third kappa shape index (κ3) is 2.85. The molecule has 1 rings (SSSR count). The van der Waals surface area contributed by atoms with Gasteiger partial charge in [0.25, 0.3) is 0 Å². The third-order valence-electron chi connectivity index (χ3n) is 1.58. The summed E-state index contributed by atoms with van der Waals surface area (Å²) in [6.07, 6.45) is -5.41. The first-order valence-corrected chi connectivity index (χ1v) is 4.22. The number of halogens is 6. The van der Waals surface area contributed by atoms with E-state index >= 15 is 0 Å². The Morgan fingerprint density at radius 3 is 2.12 bits per heavy atom. The molecule has 0 aromatic heterocycles. The van der Waals surface area contributed by atoms with Gasteiger partial charge in [0, 0.05) is 10.6 Å². The van der Waals surface area contributed by atoms with Crippen LogP contribution in [0.15, 0.2) is 24.0 Å². The number of hydrogen-bond acceptors (Lipinski definition) is 1. The lowest BCUT2D eigenvalue weighted by atomic mass is 10.1. The predicted octanol–water partition coefficient (Wildman–Crippen LogP) is 4.22. The van der Waals surface area contributed by atoms with E-state index in [0.29, 0.717) is 6.07 Å². The summed E-state index contributed by atoms with van der Waals surface area (Å²) in [4.78, 5) is 0. The van der Waals surface area contributed by atoms with Crippen molar-refractivity contribution in [1.29, 1.82) is 0 Å². The Balaban J connectivity index is 3.29. The second-order valence-corrected chi connectivity index (χ2v) is 3.26. The second kappa shape index (κ2) is 4.29. The number of hydrogen-bond donors (Lipinski definition) is 1. The second-order valence-electron chi connectivity index (χ2n) is 2.82. The lowest BCUT2D eigenvalue weighted by Gasteiger charge is -2.06. The molecule has 0 radical (unpaired) electrons. The monoisotopic (exact) mass is 258 g/mol. The molecular formula is C9H4ClF5O. The summed E-state index contributed by atoms with van der Waals surface area (Å²) in [7, 11) is 0. The Labute approximate surface area is 91.8 Å². The van der Waals surface area contributed by atoms with Crippen molar-refractivity contribution in [2.75, 3.05) is 0 Å². The van der Waals surface area contributed by atoms with Crippen molar-refractivity contribution in [3.05, 3.63) is 34.6 Å². The van der Waals surface area contributed by atoms with Crippen LogP contribution in [0.25, 0.3) is 5.83 Å². The molecule has 0 amide bonds. The van der Waals surface area contributed by atoms with Gasteiger partial charge in [-0.15, -0.1) is 0 Å². The van der Waals surface area contributed by atoms with Crippen LogP contribution in [-0.2, 0) is 0 Å². The van der Waals surface area contributed by atoms with Crippen LogP contribution in [0.1, 0.15) is 5.56 Å². The largest absolute Gasteiger partial charge is 0.508 e. The Bertz CT molecular complexity index is 418. The molecule has 0 spiro atoms. The van der Waals surface area contributed by atoms with E-state index in [9.17, 15) is 22.0 Å². The zero-order valence-electron chi connectivity index (χ0n) is 7.45. The molecule has 1 aromatic rings. The molecule has 0 aliphatic heterocycles. The van der Waals surface area contributed by atoms with Gasteiger partial charge in [-0.25, -0.2) is 4.39 Å². The van der Waals surface area contributed by atoms with Gasteiger partial charge in [-0.2, -0.15) is 17.6 Å². The highest BCUT2D eigenvalue weighted by molar-refractivity contribution is 6.30. The summed E-state index contributed by atoms with van der Waals surface area (Å²) in [5, 5.41) is 8.74. The maximum atomic E-state index is 13.0. The van der Waals surface area contributed by atoms with E-state index in [-0.39, 0.29) is 5.02 Å². The zero-order chi connectivity index (χ0) is 12.5. The molecule has 1 N–H and O–H groups in total. The molecule has 0 bridgehead atoms. The molecule has 16 heavy (non-hydrogen) atoms. The van der Waals surface area contributed by atoms with Crippen LogP contribution in [0.3, 0.4) is 0 Å². The first kappa shape index (κ1) is 12.8. The highest BCUT2D eigenvalue weighted by Crippen LogP contribution is 2.35. The average Bonchev–Trinajstić information content (AvgIpc) is 2.12. The van der Waals surface area contributed by atoms with Gasteiger partial charge in [-0.3, -0.25) is 0 Å². The lowest BCUT2D eigenvalue weighted by molar-refractivity contribution is -0.108. The molecule has 0 atom stereocenters. The van der Waals surface area contributed by atoms with Gasteiger partial charge in [0.2, 0.25) is 5.83 Å². The molecule has 1 aromatic carbocycles. The van der Waals surface area contributed by atoms with Crippen molar-refractivity contribution in [1.82, 2.24) is 0 Å². The molecule has 0 heterocycles. The van der Waals surface area contributed by atoms with E-state index in [1.807, 2.05) is 0 Å². The fraction of sp³-hybridized carbons (Fsp3) is 0.111. The number of aromatic hydroxyl groups is 1.